The Kier molecular flexibility index (Phi) is 6.55. The van der Waals surface area contributed by atoms with Crippen LogP contribution >= 0.6 is 0 Å². The second kappa shape index (κ2) is 9.38. The molecule has 0 unspecified atom stereocenters. The van der Waals surface area contributed by atoms with Crippen LogP contribution in [-0.2, 0) is 11.3 Å². The lowest BCUT2D eigenvalue weighted by Crippen LogP contribution is -2.46. The highest BCUT2D eigenvalue weighted by atomic mass is 16.3. The fraction of sp³-hybridized carbons (Fsp3) is 0.565. The van der Waals surface area contributed by atoms with Crippen molar-refractivity contribution in [3.63, 3.8) is 0 Å². The largest absolute Gasteiger partial charge is 0.477 e. The van der Waals surface area contributed by atoms with Gasteiger partial charge in [0.15, 0.2) is 0 Å². The van der Waals surface area contributed by atoms with Crippen LogP contribution in [0.15, 0.2) is 17.1 Å². The highest BCUT2D eigenvalue weighted by molar-refractivity contribution is 5.96. The summed E-state index contributed by atoms with van der Waals surface area (Å²) in [5.74, 6) is -0.923. The molecular weight excluding hydrogens is 426 g/mol. The third-order valence-electron chi connectivity index (χ3n) is 6.15. The maximum absolute atomic E-state index is 13.1. The van der Waals surface area contributed by atoms with Gasteiger partial charge in [-0.1, -0.05) is 18.4 Å². The van der Waals surface area contributed by atoms with Gasteiger partial charge in [0.1, 0.15) is 0 Å². The van der Waals surface area contributed by atoms with E-state index < -0.39 is 11.5 Å². The van der Waals surface area contributed by atoms with E-state index in [-0.39, 0.29) is 41.8 Å². The number of aromatic amines is 1. The maximum Gasteiger partial charge on any atom is 0.378 e. The Labute approximate surface area is 191 Å². The van der Waals surface area contributed by atoms with Gasteiger partial charge in [-0.2, -0.15) is 4.57 Å². The Morgan fingerprint density at radius 2 is 2.09 bits per heavy atom. The molecule has 10 nitrogen and oxygen atoms in total. The summed E-state index contributed by atoms with van der Waals surface area (Å²) in [6, 6.07) is 0.0453. The van der Waals surface area contributed by atoms with Gasteiger partial charge >= 0.3 is 17.1 Å². The number of aromatic nitrogens is 3. The lowest BCUT2D eigenvalue weighted by atomic mass is 9.99. The van der Waals surface area contributed by atoms with E-state index >= 15 is 0 Å². The minimum absolute atomic E-state index is 0.0453. The van der Waals surface area contributed by atoms with Crippen molar-refractivity contribution in [3.8, 4) is 5.88 Å². The number of fused-ring (bicyclic) bond motifs is 1. The highest BCUT2D eigenvalue weighted by Gasteiger charge is 2.34. The van der Waals surface area contributed by atoms with Gasteiger partial charge in [-0.05, 0) is 43.6 Å². The Hall–Kier alpha value is -3.14. The van der Waals surface area contributed by atoms with Crippen LogP contribution in [0.1, 0.15) is 55.5 Å². The van der Waals surface area contributed by atoms with E-state index in [2.05, 4.69) is 10.4 Å². The van der Waals surface area contributed by atoms with Gasteiger partial charge in [-0.15, -0.1) is 0 Å². The minimum Gasteiger partial charge on any atom is -0.477 e. The molecule has 0 radical (unpaired) electrons. The van der Waals surface area contributed by atoms with Gasteiger partial charge in [0, 0.05) is 31.8 Å². The zero-order valence-electron chi connectivity index (χ0n) is 19.1. The molecule has 0 spiro atoms. The van der Waals surface area contributed by atoms with E-state index in [0.717, 1.165) is 25.7 Å². The van der Waals surface area contributed by atoms with E-state index in [1.807, 2.05) is 13.8 Å². The van der Waals surface area contributed by atoms with E-state index in [0.29, 0.717) is 30.8 Å². The van der Waals surface area contributed by atoms with E-state index in [4.69, 9.17) is 0 Å². The Morgan fingerprint density at radius 3 is 2.76 bits per heavy atom. The van der Waals surface area contributed by atoms with Crippen LogP contribution < -0.4 is 15.4 Å². The molecule has 1 aliphatic heterocycles. The van der Waals surface area contributed by atoms with Crippen molar-refractivity contribution in [2.75, 3.05) is 19.7 Å². The first-order chi connectivity index (χ1) is 15.8. The molecule has 1 saturated heterocycles. The molecular formula is C23H32N5O5+. The van der Waals surface area contributed by atoms with Gasteiger partial charge < -0.3 is 20.4 Å². The van der Waals surface area contributed by atoms with Crippen LogP contribution in [0.4, 0.5) is 0 Å². The summed E-state index contributed by atoms with van der Waals surface area (Å²) in [4.78, 5) is 40.2. The first kappa shape index (κ1) is 23.0. The summed E-state index contributed by atoms with van der Waals surface area (Å²) in [5, 5.41) is 26.0. The summed E-state index contributed by atoms with van der Waals surface area (Å²) in [5.41, 5.74) is -0.0170. The molecule has 4 rings (SSSR count). The summed E-state index contributed by atoms with van der Waals surface area (Å²) in [6.07, 6.45) is 8.11. The Bertz CT molecular complexity index is 1140. The van der Waals surface area contributed by atoms with Crippen molar-refractivity contribution in [1.82, 2.24) is 19.8 Å². The average Bonchev–Trinajstić information content (AvgIpc) is 3.50. The number of aliphatic hydroxyl groups excluding tert-OH is 1. The normalized spacial score (nSPS) is 19.0. The molecule has 0 aromatic carbocycles. The van der Waals surface area contributed by atoms with Crippen molar-refractivity contribution < 1.29 is 24.4 Å². The van der Waals surface area contributed by atoms with Crippen LogP contribution in [0.25, 0.3) is 11.7 Å². The third kappa shape index (κ3) is 4.80. The summed E-state index contributed by atoms with van der Waals surface area (Å²) in [6.45, 7) is 5.52. The number of carbonyl (C=O) groups excluding carboxylic acids is 2. The number of piperidine rings is 1. The van der Waals surface area contributed by atoms with Crippen molar-refractivity contribution in [2.45, 2.75) is 52.1 Å². The lowest BCUT2D eigenvalue weighted by Gasteiger charge is -2.31. The van der Waals surface area contributed by atoms with Crippen molar-refractivity contribution in [2.24, 2.45) is 11.8 Å². The zero-order valence-corrected chi connectivity index (χ0v) is 19.1. The maximum atomic E-state index is 13.1. The lowest BCUT2D eigenvalue weighted by molar-refractivity contribution is -0.686. The Morgan fingerprint density at radius 1 is 1.33 bits per heavy atom. The number of H-pyrrole nitrogens is 1. The molecule has 2 aromatic rings. The van der Waals surface area contributed by atoms with Gasteiger partial charge in [-0.3, -0.25) is 9.59 Å². The number of hydrogen-bond donors (Lipinski definition) is 4. The number of carbonyl (C=O) groups is 2. The number of nitrogens with zero attached hydrogens (tertiary/aromatic N) is 3. The van der Waals surface area contributed by atoms with Gasteiger partial charge in [0.25, 0.3) is 5.91 Å². The van der Waals surface area contributed by atoms with Crippen LogP contribution in [0.3, 0.4) is 0 Å². The number of nitrogens with one attached hydrogen (secondary N) is 2. The van der Waals surface area contributed by atoms with E-state index in [1.54, 1.807) is 17.2 Å². The van der Waals surface area contributed by atoms with Gasteiger partial charge in [0.05, 0.1) is 18.3 Å². The Balaban J connectivity index is 1.71. The molecule has 33 heavy (non-hydrogen) atoms. The SMILES string of the molecule is CC(C)C[n+]1c(O)c(C(=O)NC2CC2)c(=O)n2[nH]cc(/C=C/C(=O)N3CCC[C@@H](CO)C3)c21. The number of rotatable bonds is 7. The second-order valence-corrected chi connectivity index (χ2v) is 9.45. The summed E-state index contributed by atoms with van der Waals surface area (Å²) in [7, 11) is 0. The topological polar surface area (TPSA) is 131 Å². The average molecular weight is 459 g/mol. The van der Waals surface area contributed by atoms with Crippen LogP contribution in [0, 0.1) is 11.8 Å². The quantitative estimate of drug-likeness (QED) is 0.353. The number of amides is 2. The molecule has 3 heterocycles. The highest BCUT2D eigenvalue weighted by Crippen LogP contribution is 2.21. The smallest absolute Gasteiger partial charge is 0.378 e. The molecule has 1 aliphatic carbocycles. The predicted octanol–water partition coefficient (Wildman–Crippen LogP) is 0.413. The van der Waals surface area contributed by atoms with Crippen LogP contribution in [-0.4, -0.2) is 62.3 Å². The van der Waals surface area contributed by atoms with Gasteiger partial charge in [0.2, 0.25) is 11.5 Å². The number of likely N-dealkylation sites (tertiary alicyclic amines) is 1. The fourth-order valence-corrected chi connectivity index (χ4v) is 4.29. The van der Waals surface area contributed by atoms with Gasteiger partial charge in [-0.25, -0.2) is 9.89 Å². The third-order valence-corrected chi connectivity index (χ3v) is 6.15. The second-order valence-electron chi connectivity index (χ2n) is 9.45. The molecule has 1 saturated carbocycles. The van der Waals surface area contributed by atoms with E-state index in [9.17, 15) is 24.6 Å². The van der Waals surface area contributed by atoms with Crippen molar-refractivity contribution in [3.05, 3.63) is 33.8 Å². The molecule has 2 amide bonds. The molecule has 2 fully saturated rings. The molecule has 2 aliphatic rings. The zero-order chi connectivity index (χ0) is 23.7. The number of aliphatic hydroxyl groups is 1. The molecule has 4 N–H and O–H groups in total. The summed E-state index contributed by atoms with van der Waals surface area (Å²) >= 11 is 0. The first-order valence-corrected chi connectivity index (χ1v) is 11.6. The summed E-state index contributed by atoms with van der Waals surface area (Å²) < 4.78 is 2.77. The molecule has 1 atom stereocenters. The molecule has 0 bridgehead atoms. The standard InChI is InChI=1S/C23H31N5O5/c1-14(2)11-27-21-16(5-8-18(30)26-9-3-4-15(12-26)13-29)10-24-28(21)23(33)19(22(27)32)20(31)25-17-6-7-17/h5,8,10,14-15,17,29H,3-4,6-7,9,11-13H2,1-2H3,(H2,25,31,32,33)/p+1/b8-5+/t15-/m1/s1. The fourth-order valence-electron chi connectivity index (χ4n) is 4.29. The van der Waals surface area contributed by atoms with Crippen LogP contribution in [0.2, 0.25) is 0 Å². The molecule has 2 aromatic heterocycles. The van der Waals surface area contributed by atoms with Crippen molar-refractivity contribution >= 4 is 23.5 Å². The van der Waals surface area contributed by atoms with Crippen LogP contribution in [0.5, 0.6) is 5.88 Å². The number of aromatic hydroxyl groups is 1. The monoisotopic (exact) mass is 458 g/mol. The molecule has 10 heteroatoms. The first-order valence-electron chi connectivity index (χ1n) is 11.6. The number of hydrogen-bond acceptors (Lipinski definition) is 5. The predicted molar refractivity (Wildman–Crippen MR) is 121 cm³/mol. The minimum atomic E-state index is -0.645. The van der Waals surface area contributed by atoms with Crippen molar-refractivity contribution in [1.29, 1.82) is 0 Å². The molecule has 178 valence electrons. The van der Waals surface area contributed by atoms with E-state index in [1.165, 1.54) is 15.2 Å².